The van der Waals surface area contributed by atoms with Gasteiger partial charge in [0, 0.05) is 44.5 Å². The summed E-state index contributed by atoms with van der Waals surface area (Å²) in [5.74, 6) is -0.528. The normalized spacial score (nSPS) is 10.3. The molecule has 0 aromatic carbocycles. The number of carbonyl (C=O) groups is 1. The number of hydrogen-bond donors (Lipinski definition) is 3. The molecular weight excluding hydrogens is 452 g/mol. The Morgan fingerprint density at radius 2 is 1.60 bits per heavy atom. The minimum absolute atomic E-state index is 0.267. The van der Waals surface area contributed by atoms with Crippen LogP contribution in [0.5, 0.6) is 0 Å². The zero-order valence-electron chi connectivity index (χ0n) is 12.5. The Hall–Kier alpha value is -2.70. The summed E-state index contributed by atoms with van der Waals surface area (Å²) < 4.78 is 1.74. The molecule has 0 spiro atoms. The molecule has 0 saturated heterocycles. The number of aromatic nitrogens is 4. The number of H-pyrrole nitrogens is 2. The van der Waals surface area contributed by atoms with Crippen LogP contribution in [0.4, 0.5) is 0 Å². The first-order valence-electron chi connectivity index (χ1n) is 6.96. The molecule has 0 fully saturated rings. The van der Waals surface area contributed by atoms with Crippen LogP contribution in [0.2, 0.25) is 0 Å². The predicted molar refractivity (Wildman–Crippen MR) is 101 cm³/mol. The fourth-order valence-electron chi connectivity index (χ4n) is 2.31. The second-order valence-electron chi connectivity index (χ2n) is 4.92. The van der Waals surface area contributed by atoms with Crippen molar-refractivity contribution in [2.45, 2.75) is 0 Å². The minimum Gasteiger partial charge on any atom is -0.364 e. The molecule has 124 valence electrons. The van der Waals surface area contributed by atoms with Crippen LogP contribution in [0.15, 0.2) is 45.9 Å². The quantitative estimate of drug-likeness (QED) is 0.400. The molecule has 0 bridgehead atoms. The number of nitrogens with one attached hydrogen (secondary N) is 2. The highest BCUT2D eigenvalue weighted by Crippen LogP contribution is 2.24. The molecule has 4 aromatic heterocycles. The van der Waals surface area contributed by atoms with Crippen molar-refractivity contribution < 1.29 is 4.79 Å². The van der Waals surface area contributed by atoms with Gasteiger partial charge in [0.05, 0.1) is 11.0 Å². The van der Waals surface area contributed by atoms with Crippen molar-refractivity contribution in [3.8, 4) is 6.07 Å². The van der Waals surface area contributed by atoms with Crippen molar-refractivity contribution in [2.24, 2.45) is 5.73 Å². The zero-order chi connectivity index (χ0) is 18.0. The minimum atomic E-state index is -0.528. The van der Waals surface area contributed by atoms with E-state index in [9.17, 15) is 4.79 Å². The summed E-state index contributed by atoms with van der Waals surface area (Å²) in [4.78, 5) is 24.7. The molecule has 0 radical (unpaired) electrons. The molecule has 4 aromatic rings. The maximum absolute atomic E-state index is 10.9. The van der Waals surface area contributed by atoms with Crippen molar-refractivity contribution in [1.29, 1.82) is 5.26 Å². The molecule has 9 heteroatoms. The first kappa shape index (κ1) is 17.1. The molecule has 4 heterocycles. The number of primary amides is 1. The number of pyridine rings is 2. The maximum Gasteiger partial charge on any atom is 0.269 e. The lowest BCUT2D eigenvalue weighted by molar-refractivity contribution is 0.0997. The standard InChI is InChI=1S/C8H6BrN3O.C8H4BrN3/c9-5-3-12-7(8(10)13)6-4(5)1-2-11-6;9-6-4-12-7(3-10)8-5(6)1-2-11-8/h1-3,11H,(H2,10,13);1-2,4,11H. The van der Waals surface area contributed by atoms with Gasteiger partial charge in [0.15, 0.2) is 11.4 Å². The summed E-state index contributed by atoms with van der Waals surface area (Å²) in [5, 5.41) is 10.6. The van der Waals surface area contributed by atoms with Gasteiger partial charge >= 0.3 is 0 Å². The van der Waals surface area contributed by atoms with E-state index in [0.29, 0.717) is 11.2 Å². The van der Waals surface area contributed by atoms with Gasteiger partial charge in [-0.1, -0.05) is 0 Å². The molecule has 4 rings (SSSR count). The fourth-order valence-corrected chi connectivity index (χ4v) is 3.18. The van der Waals surface area contributed by atoms with Gasteiger partial charge in [0.1, 0.15) is 6.07 Å². The van der Waals surface area contributed by atoms with E-state index in [1.54, 1.807) is 24.8 Å². The van der Waals surface area contributed by atoms with Crippen molar-refractivity contribution in [3.63, 3.8) is 0 Å². The number of nitrogens with zero attached hydrogens (tertiary/aromatic N) is 3. The Morgan fingerprint density at radius 3 is 2.20 bits per heavy atom. The number of nitriles is 1. The summed E-state index contributed by atoms with van der Waals surface area (Å²) in [7, 11) is 0. The van der Waals surface area contributed by atoms with Crippen molar-refractivity contribution >= 4 is 59.6 Å². The number of amides is 1. The highest BCUT2D eigenvalue weighted by molar-refractivity contribution is 9.11. The summed E-state index contributed by atoms with van der Waals surface area (Å²) in [6.07, 6.45) is 6.73. The monoisotopic (exact) mass is 460 g/mol. The van der Waals surface area contributed by atoms with E-state index in [4.69, 9.17) is 11.0 Å². The predicted octanol–water partition coefficient (Wildman–Crippen LogP) is 3.62. The van der Waals surface area contributed by atoms with Crippen LogP contribution in [0, 0.1) is 11.3 Å². The third-order valence-corrected chi connectivity index (χ3v) is 4.70. The summed E-state index contributed by atoms with van der Waals surface area (Å²) in [6, 6.07) is 5.78. The molecule has 0 unspecified atom stereocenters. The molecule has 7 nitrogen and oxygen atoms in total. The first-order chi connectivity index (χ1) is 12.0. The number of nitrogens with two attached hydrogens (primary N) is 1. The van der Waals surface area contributed by atoms with E-state index in [0.717, 1.165) is 25.2 Å². The zero-order valence-corrected chi connectivity index (χ0v) is 15.7. The highest BCUT2D eigenvalue weighted by Gasteiger charge is 2.10. The molecule has 0 aliphatic carbocycles. The lowest BCUT2D eigenvalue weighted by atomic mass is 10.2. The number of fused-ring (bicyclic) bond motifs is 2. The fraction of sp³-hybridized carbons (Fsp3) is 0. The summed E-state index contributed by atoms with van der Waals surface area (Å²) in [5.41, 5.74) is 7.30. The van der Waals surface area contributed by atoms with Crippen molar-refractivity contribution in [3.05, 3.63) is 57.3 Å². The van der Waals surface area contributed by atoms with E-state index in [2.05, 4.69) is 51.8 Å². The van der Waals surface area contributed by atoms with Gasteiger partial charge in [-0.25, -0.2) is 9.97 Å². The van der Waals surface area contributed by atoms with Gasteiger partial charge in [-0.3, -0.25) is 4.79 Å². The second-order valence-corrected chi connectivity index (χ2v) is 6.63. The van der Waals surface area contributed by atoms with Gasteiger partial charge in [-0.05, 0) is 44.0 Å². The smallest absolute Gasteiger partial charge is 0.269 e. The van der Waals surface area contributed by atoms with E-state index >= 15 is 0 Å². The Labute approximate surface area is 158 Å². The average molecular weight is 462 g/mol. The SMILES string of the molecule is N#Cc1ncc(Br)c2cc[nH]c12.NC(=O)c1ncc(Br)c2cc[nH]c12. The van der Waals surface area contributed by atoms with Crippen LogP contribution in [0.25, 0.3) is 21.8 Å². The van der Waals surface area contributed by atoms with Crippen LogP contribution in [0.3, 0.4) is 0 Å². The summed E-state index contributed by atoms with van der Waals surface area (Å²) in [6.45, 7) is 0. The van der Waals surface area contributed by atoms with Crippen molar-refractivity contribution in [1.82, 2.24) is 19.9 Å². The van der Waals surface area contributed by atoms with Crippen molar-refractivity contribution in [2.75, 3.05) is 0 Å². The van der Waals surface area contributed by atoms with Crippen LogP contribution in [0.1, 0.15) is 16.2 Å². The van der Waals surface area contributed by atoms with E-state index in [1.807, 2.05) is 18.2 Å². The van der Waals surface area contributed by atoms with Gasteiger partial charge in [-0.2, -0.15) is 5.26 Å². The highest BCUT2D eigenvalue weighted by atomic mass is 79.9. The number of halogens is 2. The Morgan fingerprint density at radius 1 is 1.04 bits per heavy atom. The first-order valence-corrected chi connectivity index (χ1v) is 8.54. The molecule has 0 saturated carbocycles. The lowest BCUT2D eigenvalue weighted by Gasteiger charge is -1.98. The molecular formula is C16H10Br2N6O. The molecule has 0 atom stereocenters. The average Bonchev–Trinajstić information content (AvgIpc) is 3.26. The topological polar surface area (TPSA) is 124 Å². The molecule has 25 heavy (non-hydrogen) atoms. The Balaban J connectivity index is 0.000000146. The van der Waals surface area contributed by atoms with Crippen LogP contribution < -0.4 is 5.73 Å². The number of aromatic amines is 2. The molecule has 4 N–H and O–H groups in total. The van der Waals surface area contributed by atoms with Crippen LogP contribution in [-0.2, 0) is 0 Å². The number of carbonyl (C=O) groups excluding carboxylic acids is 1. The summed E-state index contributed by atoms with van der Waals surface area (Å²) >= 11 is 6.67. The molecule has 0 aliphatic heterocycles. The van der Waals surface area contributed by atoms with Gasteiger partial charge in [-0.15, -0.1) is 0 Å². The Bertz CT molecular complexity index is 1120. The second kappa shape index (κ2) is 7.04. The van der Waals surface area contributed by atoms with E-state index < -0.39 is 5.91 Å². The van der Waals surface area contributed by atoms with E-state index in [-0.39, 0.29) is 5.69 Å². The van der Waals surface area contributed by atoms with Crippen LogP contribution in [-0.4, -0.2) is 25.8 Å². The molecule has 1 amide bonds. The van der Waals surface area contributed by atoms with Gasteiger partial charge in [0.25, 0.3) is 5.91 Å². The third-order valence-electron chi connectivity index (χ3n) is 3.44. The number of rotatable bonds is 1. The maximum atomic E-state index is 10.9. The molecule has 0 aliphatic rings. The largest absolute Gasteiger partial charge is 0.364 e. The Kier molecular flexibility index (Phi) is 4.83. The van der Waals surface area contributed by atoms with E-state index in [1.165, 1.54) is 0 Å². The lowest BCUT2D eigenvalue weighted by Crippen LogP contribution is -2.13. The van der Waals surface area contributed by atoms with Gasteiger partial charge < -0.3 is 15.7 Å². The third kappa shape index (κ3) is 3.26. The van der Waals surface area contributed by atoms with Crippen LogP contribution >= 0.6 is 31.9 Å². The van der Waals surface area contributed by atoms with Gasteiger partial charge in [0.2, 0.25) is 0 Å². The number of hydrogen-bond acceptors (Lipinski definition) is 4.